The Balaban J connectivity index is 1.30. The predicted octanol–water partition coefficient (Wildman–Crippen LogP) is 3.77. The Bertz CT molecular complexity index is 1140. The summed E-state index contributed by atoms with van der Waals surface area (Å²) in [6, 6.07) is 24.6. The van der Waals surface area contributed by atoms with Gasteiger partial charge in [-0.15, -0.1) is 0 Å². The van der Waals surface area contributed by atoms with Gasteiger partial charge in [-0.1, -0.05) is 30.3 Å². The maximum atomic E-state index is 13.0. The molecule has 1 amide bonds. The molecule has 0 saturated carbocycles. The molecule has 2 aliphatic rings. The number of carbonyl (C=O) groups is 1. The SMILES string of the molecule is CN(C)c1ccc([C@@H](CNC(=O)c2ccc3c(c2)OCO3)N2CCN(c3ccccc3)CC2)cc1. The average molecular weight is 473 g/mol. The van der Waals surface area contributed by atoms with Crippen LogP contribution in [0.3, 0.4) is 0 Å². The van der Waals surface area contributed by atoms with Gasteiger partial charge in [0.15, 0.2) is 11.5 Å². The van der Waals surface area contributed by atoms with E-state index in [1.807, 2.05) is 14.1 Å². The van der Waals surface area contributed by atoms with Gasteiger partial charge in [0.2, 0.25) is 6.79 Å². The molecule has 3 aromatic carbocycles. The van der Waals surface area contributed by atoms with Gasteiger partial charge in [0.1, 0.15) is 0 Å². The number of para-hydroxylation sites is 1. The molecule has 2 heterocycles. The minimum atomic E-state index is -0.110. The second-order valence-electron chi connectivity index (χ2n) is 9.14. The number of hydrogen-bond acceptors (Lipinski definition) is 6. The van der Waals surface area contributed by atoms with Crippen molar-refractivity contribution in [3.8, 4) is 11.5 Å². The molecule has 7 nitrogen and oxygen atoms in total. The van der Waals surface area contributed by atoms with Crippen LogP contribution in [0.2, 0.25) is 0 Å². The highest BCUT2D eigenvalue weighted by molar-refractivity contribution is 5.95. The van der Waals surface area contributed by atoms with E-state index in [2.05, 4.69) is 74.6 Å². The topological polar surface area (TPSA) is 57.3 Å². The van der Waals surface area contributed by atoms with Gasteiger partial charge in [-0.25, -0.2) is 0 Å². The first-order valence-corrected chi connectivity index (χ1v) is 12.1. The summed E-state index contributed by atoms with van der Waals surface area (Å²) in [4.78, 5) is 20.0. The number of amides is 1. The van der Waals surface area contributed by atoms with E-state index in [9.17, 15) is 4.79 Å². The lowest BCUT2D eigenvalue weighted by Crippen LogP contribution is -2.50. The van der Waals surface area contributed by atoms with Crippen LogP contribution in [0, 0.1) is 0 Å². The molecule has 0 aromatic heterocycles. The van der Waals surface area contributed by atoms with Crippen LogP contribution in [0.25, 0.3) is 0 Å². The number of benzene rings is 3. The lowest BCUT2D eigenvalue weighted by Gasteiger charge is -2.40. The first-order chi connectivity index (χ1) is 17.1. The van der Waals surface area contributed by atoms with Crippen molar-refractivity contribution in [3.05, 3.63) is 83.9 Å². The number of ether oxygens (including phenoxy) is 2. The van der Waals surface area contributed by atoms with Gasteiger partial charge in [-0.05, 0) is 48.0 Å². The zero-order chi connectivity index (χ0) is 24.2. The third kappa shape index (κ3) is 5.20. The molecule has 3 aromatic rings. The van der Waals surface area contributed by atoms with Crippen molar-refractivity contribution in [2.24, 2.45) is 0 Å². The third-order valence-corrected chi connectivity index (χ3v) is 6.76. The Morgan fingerprint density at radius 3 is 2.34 bits per heavy atom. The van der Waals surface area contributed by atoms with Gasteiger partial charge < -0.3 is 24.6 Å². The molecular weight excluding hydrogens is 440 g/mol. The van der Waals surface area contributed by atoms with Crippen molar-refractivity contribution in [1.82, 2.24) is 10.2 Å². The number of nitrogens with one attached hydrogen (secondary N) is 1. The Morgan fingerprint density at radius 2 is 1.63 bits per heavy atom. The van der Waals surface area contributed by atoms with Crippen LogP contribution in [-0.2, 0) is 0 Å². The van der Waals surface area contributed by atoms with Crippen molar-refractivity contribution in [2.75, 3.05) is 63.4 Å². The number of carbonyl (C=O) groups excluding carboxylic acids is 1. The van der Waals surface area contributed by atoms with E-state index in [1.165, 1.54) is 11.3 Å². The van der Waals surface area contributed by atoms with E-state index in [0.29, 0.717) is 23.6 Å². The highest BCUT2D eigenvalue weighted by Crippen LogP contribution is 2.32. The Kier molecular flexibility index (Phi) is 6.77. The van der Waals surface area contributed by atoms with Crippen LogP contribution in [0.15, 0.2) is 72.8 Å². The molecule has 0 bridgehead atoms. The quantitative estimate of drug-likeness (QED) is 0.565. The van der Waals surface area contributed by atoms with E-state index in [-0.39, 0.29) is 18.7 Å². The second-order valence-corrected chi connectivity index (χ2v) is 9.14. The highest BCUT2D eigenvalue weighted by atomic mass is 16.7. The lowest BCUT2D eigenvalue weighted by atomic mass is 10.0. The average Bonchev–Trinajstić information content (AvgIpc) is 3.38. The first kappa shape index (κ1) is 23.1. The van der Waals surface area contributed by atoms with E-state index in [4.69, 9.17) is 9.47 Å². The van der Waals surface area contributed by atoms with Gasteiger partial charge in [0.05, 0.1) is 6.04 Å². The summed E-state index contributed by atoms with van der Waals surface area (Å²) in [6.45, 7) is 4.48. The van der Waals surface area contributed by atoms with Crippen LogP contribution in [-0.4, -0.2) is 64.4 Å². The van der Waals surface area contributed by atoms with Gasteiger partial charge in [-0.2, -0.15) is 0 Å². The van der Waals surface area contributed by atoms with E-state index in [1.54, 1.807) is 18.2 Å². The fourth-order valence-electron chi connectivity index (χ4n) is 4.71. The van der Waals surface area contributed by atoms with Crippen molar-refractivity contribution >= 4 is 17.3 Å². The van der Waals surface area contributed by atoms with E-state index in [0.717, 1.165) is 31.9 Å². The molecule has 35 heavy (non-hydrogen) atoms. The summed E-state index contributed by atoms with van der Waals surface area (Å²) >= 11 is 0. The molecule has 182 valence electrons. The summed E-state index contributed by atoms with van der Waals surface area (Å²) < 4.78 is 10.8. The van der Waals surface area contributed by atoms with Gasteiger partial charge >= 0.3 is 0 Å². The Hall–Kier alpha value is -3.71. The van der Waals surface area contributed by atoms with Crippen LogP contribution < -0.4 is 24.6 Å². The molecular formula is C28H32N4O3. The maximum Gasteiger partial charge on any atom is 0.251 e. The zero-order valence-electron chi connectivity index (χ0n) is 20.3. The number of anilines is 2. The van der Waals surface area contributed by atoms with Crippen LogP contribution in [0.5, 0.6) is 11.5 Å². The summed E-state index contributed by atoms with van der Waals surface area (Å²) in [7, 11) is 4.09. The zero-order valence-corrected chi connectivity index (χ0v) is 20.3. The summed E-state index contributed by atoms with van der Waals surface area (Å²) in [6.07, 6.45) is 0. The maximum absolute atomic E-state index is 13.0. The molecule has 7 heteroatoms. The lowest BCUT2D eigenvalue weighted by molar-refractivity contribution is 0.0929. The monoisotopic (exact) mass is 472 g/mol. The number of rotatable bonds is 7. The minimum absolute atomic E-state index is 0.0853. The van der Waals surface area contributed by atoms with Crippen molar-refractivity contribution in [1.29, 1.82) is 0 Å². The third-order valence-electron chi connectivity index (χ3n) is 6.76. The number of nitrogens with zero attached hydrogens (tertiary/aromatic N) is 3. The normalized spacial score (nSPS) is 16.1. The molecule has 0 unspecified atom stereocenters. The fourth-order valence-corrected chi connectivity index (χ4v) is 4.71. The number of fused-ring (bicyclic) bond motifs is 1. The van der Waals surface area contributed by atoms with Crippen molar-refractivity contribution in [3.63, 3.8) is 0 Å². The molecule has 0 aliphatic carbocycles. The molecule has 0 spiro atoms. The minimum Gasteiger partial charge on any atom is -0.454 e. The molecule has 0 radical (unpaired) electrons. The van der Waals surface area contributed by atoms with Crippen LogP contribution in [0.4, 0.5) is 11.4 Å². The largest absolute Gasteiger partial charge is 0.454 e. The standard InChI is InChI=1S/C28H32N4O3/c1-30(2)23-11-8-21(9-12-23)25(32-16-14-31(15-17-32)24-6-4-3-5-7-24)19-29-28(33)22-10-13-26-27(18-22)35-20-34-26/h3-13,18,25H,14-17,19-20H2,1-2H3,(H,29,33)/t25-/m1/s1. The Morgan fingerprint density at radius 1 is 0.914 bits per heavy atom. The van der Waals surface area contributed by atoms with Crippen molar-refractivity contribution in [2.45, 2.75) is 6.04 Å². The predicted molar refractivity (Wildman–Crippen MR) is 139 cm³/mol. The fraction of sp³-hybridized carbons (Fsp3) is 0.321. The van der Waals surface area contributed by atoms with Crippen LogP contribution >= 0.6 is 0 Å². The van der Waals surface area contributed by atoms with Crippen LogP contribution in [0.1, 0.15) is 22.0 Å². The second kappa shape index (κ2) is 10.3. The summed E-state index contributed by atoms with van der Waals surface area (Å²) in [5.41, 5.74) is 4.19. The van der Waals surface area contributed by atoms with Gasteiger partial charge in [0.25, 0.3) is 5.91 Å². The molecule has 1 N–H and O–H groups in total. The van der Waals surface area contributed by atoms with Gasteiger partial charge in [0, 0.05) is 63.8 Å². The van der Waals surface area contributed by atoms with Gasteiger partial charge in [-0.3, -0.25) is 9.69 Å². The molecule has 1 atom stereocenters. The molecule has 1 saturated heterocycles. The number of piperazine rings is 1. The summed E-state index contributed by atoms with van der Waals surface area (Å²) in [5.74, 6) is 1.18. The Labute approximate surface area is 206 Å². The molecule has 1 fully saturated rings. The molecule has 5 rings (SSSR count). The molecule has 2 aliphatic heterocycles. The smallest absolute Gasteiger partial charge is 0.251 e. The number of hydrogen-bond donors (Lipinski definition) is 1. The summed E-state index contributed by atoms with van der Waals surface area (Å²) in [5, 5.41) is 3.17. The van der Waals surface area contributed by atoms with Crippen molar-refractivity contribution < 1.29 is 14.3 Å². The first-order valence-electron chi connectivity index (χ1n) is 12.1. The van der Waals surface area contributed by atoms with E-state index >= 15 is 0 Å². The van der Waals surface area contributed by atoms with E-state index < -0.39 is 0 Å². The highest BCUT2D eigenvalue weighted by Gasteiger charge is 2.26.